The molecule has 4 heteroatoms. The van der Waals surface area contributed by atoms with Crippen molar-refractivity contribution in [3.05, 3.63) is 0 Å². The van der Waals surface area contributed by atoms with E-state index in [1.807, 2.05) is 13.2 Å². The number of thioether (sulfide) groups is 1. The summed E-state index contributed by atoms with van der Waals surface area (Å²) < 4.78 is 0. The number of hydrogen-bond acceptors (Lipinski definition) is 3. The SMILES string of the molecule is CS/C(C)=N\N=C/S. The van der Waals surface area contributed by atoms with Gasteiger partial charge in [0.25, 0.3) is 0 Å². The topological polar surface area (TPSA) is 24.7 Å². The molecule has 0 aliphatic rings. The van der Waals surface area contributed by atoms with E-state index in [2.05, 4.69) is 22.8 Å². The van der Waals surface area contributed by atoms with Crippen LogP contribution in [-0.4, -0.2) is 16.8 Å². The van der Waals surface area contributed by atoms with E-state index < -0.39 is 0 Å². The molecule has 0 amide bonds. The molecule has 0 heterocycles. The summed E-state index contributed by atoms with van der Waals surface area (Å²) >= 11 is 5.29. The molecule has 0 aliphatic carbocycles. The number of hydrogen-bond donors (Lipinski definition) is 1. The van der Waals surface area contributed by atoms with E-state index in [0.29, 0.717) is 0 Å². The van der Waals surface area contributed by atoms with Crippen molar-refractivity contribution in [3.63, 3.8) is 0 Å². The largest absolute Gasteiger partial charge is 0.152 e. The highest BCUT2D eigenvalue weighted by molar-refractivity contribution is 8.13. The van der Waals surface area contributed by atoms with Crippen molar-refractivity contribution in [2.24, 2.45) is 10.2 Å². The molecule has 0 spiro atoms. The lowest BCUT2D eigenvalue weighted by molar-refractivity contribution is 1.27. The van der Waals surface area contributed by atoms with Gasteiger partial charge in [-0.2, -0.15) is 5.10 Å². The van der Waals surface area contributed by atoms with E-state index in [0.717, 1.165) is 5.04 Å². The van der Waals surface area contributed by atoms with Crippen molar-refractivity contribution in [2.45, 2.75) is 6.92 Å². The summed E-state index contributed by atoms with van der Waals surface area (Å²) in [6, 6.07) is 0. The number of nitrogens with zero attached hydrogens (tertiary/aromatic N) is 2. The first-order valence-electron chi connectivity index (χ1n) is 2.05. The van der Waals surface area contributed by atoms with Crippen LogP contribution < -0.4 is 0 Å². The smallest absolute Gasteiger partial charge is 0.0925 e. The maximum absolute atomic E-state index is 3.73. The van der Waals surface area contributed by atoms with Gasteiger partial charge in [-0.05, 0) is 13.2 Å². The van der Waals surface area contributed by atoms with Crippen molar-refractivity contribution >= 4 is 35.0 Å². The van der Waals surface area contributed by atoms with Crippen LogP contribution in [0, 0.1) is 0 Å². The van der Waals surface area contributed by atoms with E-state index in [9.17, 15) is 0 Å². The van der Waals surface area contributed by atoms with Crippen molar-refractivity contribution in [1.29, 1.82) is 0 Å². The highest BCUT2D eigenvalue weighted by Gasteiger charge is 1.79. The normalized spacial score (nSPS) is 13.1. The van der Waals surface area contributed by atoms with E-state index in [1.165, 1.54) is 5.55 Å². The van der Waals surface area contributed by atoms with Gasteiger partial charge in [0.15, 0.2) is 0 Å². The standard InChI is InChI=1S/C4H8N2S2/c1-4(8-2)6-5-3-7/h3H,1-2H3,(H,5,7)/b6-4-. The van der Waals surface area contributed by atoms with Crippen molar-refractivity contribution in [1.82, 2.24) is 0 Å². The Morgan fingerprint density at radius 3 is 2.75 bits per heavy atom. The summed E-state index contributed by atoms with van der Waals surface area (Å²) in [7, 11) is 0. The molecule has 2 nitrogen and oxygen atoms in total. The van der Waals surface area contributed by atoms with Crippen molar-refractivity contribution in [3.8, 4) is 0 Å². The second kappa shape index (κ2) is 5.18. The molecule has 0 aromatic rings. The van der Waals surface area contributed by atoms with Gasteiger partial charge in [0.1, 0.15) is 0 Å². The van der Waals surface area contributed by atoms with Crippen LogP contribution in [0.25, 0.3) is 0 Å². The first kappa shape index (κ1) is 8.04. The summed E-state index contributed by atoms with van der Waals surface area (Å²) in [4.78, 5) is 0. The molecule has 0 radical (unpaired) electrons. The maximum atomic E-state index is 3.73. The molecule has 0 saturated carbocycles. The Morgan fingerprint density at radius 1 is 1.75 bits per heavy atom. The van der Waals surface area contributed by atoms with Crippen LogP contribution in [0.3, 0.4) is 0 Å². The first-order chi connectivity index (χ1) is 3.81. The van der Waals surface area contributed by atoms with Gasteiger partial charge in [-0.1, -0.05) is 0 Å². The second-order valence-electron chi connectivity index (χ2n) is 1.05. The second-order valence-corrected chi connectivity index (χ2v) is 2.28. The molecule has 0 aromatic heterocycles. The predicted molar refractivity (Wildman–Crippen MR) is 44.1 cm³/mol. The Hall–Kier alpha value is 0.0400. The molecule has 8 heavy (non-hydrogen) atoms. The zero-order chi connectivity index (χ0) is 6.41. The molecule has 0 unspecified atom stereocenters. The molecule has 0 aromatic carbocycles. The maximum Gasteiger partial charge on any atom is 0.0925 e. The van der Waals surface area contributed by atoms with Crippen LogP contribution in [0.15, 0.2) is 10.2 Å². The molecular formula is C4H8N2S2. The molecule has 0 fully saturated rings. The fraction of sp³-hybridized carbons (Fsp3) is 0.500. The van der Waals surface area contributed by atoms with Crippen molar-refractivity contribution in [2.75, 3.05) is 6.26 Å². The minimum atomic E-state index is 0.940. The summed E-state index contributed by atoms with van der Waals surface area (Å²) in [5.74, 6) is 0. The van der Waals surface area contributed by atoms with Crippen LogP contribution in [-0.2, 0) is 0 Å². The summed E-state index contributed by atoms with van der Waals surface area (Å²) in [5.41, 5.74) is 1.36. The van der Waals surface area contributed by atoms with E-state index in [1.54, 1.807) is 11.8 Å². The number of rotatable bonds is 1. The third-order valence-electron chi connectivity index (χ3n) is 0.546. The van der Waals surface area contributed by atoms with E-state index >= 15 is 0 Å². The van der Waals surface area contributed by atoms with Gasteiger partial charge in [0.2, 0.25) is 0 Å². The average Bonchev–Trinajstić information content (AvgIpc) is 1.83. The molecule has 0 aliphatic heterocycles. The molecule has 0 saturated heterocycles. The van der Waals surface area contributed by atoms with E-state index in [-0.39, 0.29) is 0 Å². The average molecular weight is 148 g/mol. The van der Waals surface area contributed by atoms with Gasteiger partial charge < -0.3 is 0 Å². The Morgan fingerprint density at radius 2 is 2.38 bits per heavy atom. The van der Waals surface area contributed by atoms with Crippen molar-refractivity contribution < 1.29 is 0 Å². The summed E-state index contributed by atoms with van der Waals surface area (Å²) in [6.07, 6.45) is 1.95. The summed E-state index contributed by atoms with van der Waals surface area (Å²) in [6.45, 7) is 1.89. The Bertz CT molecular complexity index is 109. The van der Waals surface area contributed by atoms with E-state index in [4.69, 9.17) is 0 Å². The molecule has 0 N–H and O–H groups in total. The Kier molecular flexibility index (Phi) is 5.21. The van der Waals surface area contributed by atoms with Gasteiger partial charge in [-0.3, -0.25) is 0 Å². The quantitative estimate of drug-likeness (QED) is 0.260. The molecule has 0 atom stereocenters. The monoisotopic (exact) mass is 148 g/mol. The fourth-order valence-electron chi connectivity index (χ4n) is 0.148. The first-order valence-corrected chi connectivity index (χ1v) is 3.79. The van der Waals surface area contributed by atoms with Crippen LogP contribution in [0.5, 0.6) is 0 Å². The minimum absolute atomic E-state index is 0.940. The van der Waals surface area contributed by atoms with Gasteiger partial charge in [0, 0.05) is 0 Å². The van der Waals surface area contributed by atoms with Crippen LogP contribution in [0.1, 0.15) is 6.92 Å². The lowest BCUT2D eigenvalue weighted by atomic mass is 10.9. The lowest BCUT2D eigenvalue weighted by Gasteiger charge is -1.84. The predicted octanol–water partition coefficient (Wildman–Crippen LogP) is 1.64. The highest BCUT2D eigenvalue weighted by Crippen LogP contribution is 1.95. The van der Waals surface area contributed by atoms with Gasteiger partial charge in [-0.25, -0.2) is 0 Å². The molecule has 0 bridgehead atoms. The molecule has 0 rings (SSSR count). The van der Waals surface area contributed by atoms with Gasteiger partial charge in [-0.15, -0.1) is 29.5 Å². The van der Waals surface area contributed by atoms with Gasteiger partial charge >= 0.3 is 0 Å². The zero-order valence-electron chi connectivity index (χ0n) is 4.83. The fourth-order valence-corrected chi connectivity index (χ4v) is 0.328. The summed E-state index contributed by atoms with van der Waals surface area (Å²) in [5, 5.41) is 8.22. The minimum Gasteiger partial charge on any atom is -0.152 e. The van der Waals surface area contributed by atoms with Crippen LogP contribution in [0.4, 0.5) is 0 Å². The number of thiol groups is 1. The van der Waals surface area contributed by atoms with Crippen LogP contribution in [0.2, 0.25) is 0 Å². The molecule has 46 valence electrons. The Labute approximate surface area is 58.9 Å². The third-order valence-corrected chi connectivity index (χ3v) is 1.32. The highest BCUT2D eigenvalue weighted by atomic mass is 32.2. The lowest BCUT2D eigenvalue weighted by Crippen LogP contribution is -1.76. The zero-order valence-corrected chi connectivity index (χ0v) is 6.54. The van der Waals surface area contributed by atoms with Gasteiger partial charge in [0.05, 0.1) is 10.6 Å². The third kappa shape index (κ3) is 4.21. The molecular weight excluding hydrogens is 140 g/mol. The Balaban J connectivity index is 3.57. The van der Waals surface area contributed by atoms with Crippen LogP contribution >= 0.6 is 24.4 Å².